The van der Waals surface area contributed by atoms with Gasteiger partial charge in [0.15, 0.2) is 0 Å². The zero-order valence-corrected chi connectivity index (χ0v) is 11.1. The van der Waals surface area contributed by atoms with E-state index in [4.69, 9.17) is 0 Å². The third-order valence-electron chi connectivity index (χ3n) is 3.49. The van der Waals surface area contributed by atoms with Gasteiger partial charge in [-0.05, 0) is 57.2 Å². The van der Waals surface area contributed by atoms with Gasteiger partial charge in [-0.3, -0.25) is 4.79 Å². The molecular weight excluding hydrogens is 226 g/mol. The van der Waals surface area contributed by atoms with E-state index in [1.54, 1.807) is 0 Å². The molecule has 1 amide bonds. The van der Waals surface area contributed by atoms with Gasteiger partial charge >= 0.3 is 0 Å². The van der Waals surface area contributed by atoms with Crippen LogP contribution in [0.3, 0.4) is 0 Å². The highest BCUT2D eigenvalue weighted by Gasteiger charge is 2.18. The molecular formula is C14H21N3O. The molecule has 1 aliphatic rings. The van der Waals surface area contributed by atoms with E-state index in [0.29, 0.717) is 6.04 Å². The van der Waals surface area contributed by atoms with Gasteiger partial charge in [0.05, 0.1) is 0 Å². The Bertz CT molecular complexity index is 394. The molecule has 1 aromatic carbocycles. The summed E-state index contributed by atoms with van der Waals surface area (Å²) in [6, 6.07) is 7.87. The molecule has 0 aromatic heterocycles. The lowest BCUT2D eigenvalue weighted by Gasteiger charge is -2.29. The summed E-state index contributed by atoms with van der Waals surface area (Å²) in [5.41, 5.74) is 1.75. The molecule has 2 N–H and O–H groups in total. The van der Waals surface area contributed by atoms with Gasteiger partial charge in [0, 0.05) is 24.3 Å². The van der Waals surface area contributed by atoms with Crippen molar-refractivity contribution in [2.75, 3.05) is 32.5 Å². The van der Waals surface area contributed by atoms with Gasteiger partial charge in [-0.1, -0.05) is 0 Å². The van der Waals surface area contributed by atoms with Crippen molar-refractivity contribution in [3.63, 3.8) is 0 Å². The van der Waals surface area contributed by atoms with E-state index < -0.39 is 0 Å². The Morgan fingerprint density at radius 1 is 1.22 bits per heavy atom. The lowest BCUT2D eigenvalue weighted by molar-refractivity contribution is 0.0917. The second kappa shape index (κ2) is 5.87. The molecule has 1 saturated heterocycles. The van der Waals surface area contributed by atoms with Crippen LogP contribution in [0.15, 0.2) is 24.3 Å². The topological polar surface area (TPSA) is 44.4 Å². The largest absolute Gasteiger partial charge is 0.388 e. The van der Waals surface area contributed by atoms with Crippen molar-refractivity contribution in [2.24, 2.45) is 0 Å². The molecule has 1 heterocycles. The Morgan fingerprint density at radius 2 is 1.83 bits per heavy atom. The van der Waals surface area contributed by atoms with Crippen molar-refractivity contribution in [3.05, 3.63) is 29.8 Å². The highest BCUT2D eigenvalue weighted by atomic mass is 16.1. The molecule has 2 rings (SSSR count). The molecule has 98 valence electrons. The molecule has 1 aromatic rings. The standard InChI is InChI=1S/C14H21N3O/c1-15-12-5-3-11(4-6-12)14(18)16-13-7-9-17(2)10-8-13/h3-6,13,15H,7-10H2,1-2H3,(H,16,18). The van der Waals surface area contributed by atoms with Gasteiger partial charge in [-0.25, -0.2) is 0 Å². The highest BCUT2D eigenvalue weighted by Crippen LogP contribution is 2.11. The van der Waals surface area contributed by atoms with Crippen LogP contribution in [-0.2, 0) is 0 Å². The van der Waals surface area contributed by atoms with E-state index in [1.165, 1.54) is 0 Å². The number of carbonyl (C=O) groups excluding carboxylic acids is 1. The molecule has 0 saturated carbocycles. The maximum absolute atomic E-state index is 12.0. The average molecular weight is 247 g/mol. The van der Waals surface area contributed by atoms with Crippen LogP contribution in [0.5, 0.6) is 0 Å². The zero-order valence-electron chi connectivity index (χ0n) is 11.1. The molecule has 0 radical (unpaired) electrons. The fourth-order valence-corrected chi connectivity index (χ4v) is 2.21. The molecule has 1 aliphatic heterocycles. The predicted molar refractivity (Wildman–Crippen MR) is 74.0 cm³/mol. The minimum atomic E-state index is 0.0345. The second-order valence-electron chi connectivity index (χ2n) is 4.88. The Balaban J connectivity index is 1.90. The Labute approximate surface area is 108 Å². The first-order chi connectivity index (χ1) is 8.69. The molecule has 0 atom stereocenters. The van der Waals surface area contributed by atoms with Crippen molar-refractivity contribution >= 4 is 11.6 Å². The van der Waals surface area contributed by atoms with Gasteiger partial charge in [0.1, 0.15) is 0 Å². The number of nitrogens with zero attached hydrogens (tertiary/aromatic N) is 1. The number of likely N-dealkylation sites (tertiary alicyclic amines) is 1. The Kier molecular flexibility index (Phi) is 4.20. The molecule has 0 unspecified atom stereocenters. The highest BCUT2D eigenvalue weighted by molar-refractivity contribution is 5.94. The second-order valence-corrected chi connectivity index (χ2v) is 4.88. The number of piperidine rings is 1. The SMILES string of the molecule is CNc1ccc(C(=O)NC2CCN(C)CC2)cc1. The van der Waals surface area contributed by atoms with Crippen LogP contribution >= 0.6 is 0 Å². The number of nitrogens with one attached hydrogen (secondary N) is 2. The van der Waals surface area contributed by atoms with E-state index in [2.05, 4.69) is 22.6 Å². The lowest BCUT2D eigenvalue weighted by atomic mass is 10.0. The van der Waals surface area contributed by atoms with E-state index in [0.717, 1.165) is 37.2 Å². The van der Waals surface area contributed by atoms with Gasteiger partial charge in [0.25, 0.3) is 5.91 Å². The summed E-state index contributed by atoms with van der Waals surface area (Å²) in [5, 5.41) is 6.15. The summed E-state index contributed by atoms with van der Waals surface area (Å²) in [5.74, 6) is 0.0345. The van der Waals surface area contributed by atoms with Gasteiger partial charge < -0.3 is 15.5 Å². The van der Waals surface area contributed by atoms with Crippen LogP contribution in [-0.4, -0.2) is 44.0 Å². The predicted octanol–water partition coefficient (Wildman–Crippen LogP) is 1.55. The fourth-order valence-electron chi connectivity index (χ4n) is 2.21. The lowest BCUT2D eigenvalue weighted by Crippen LogP contribution is -2.43. The monoisotopic (exact) mass is 247 g/mol. The van der Waals surface area contributed by atoms with E-state index in [-0.39, 0.29) is 5.91 Å². The summed E-state index contributed by atoms with van der Waals surface area (Å²) in [6.45, 7) is 2.12. The summed E-state index contributed by atoms with van der Waals surface area (Å²) < 4.78 is 0. The van der Waals surface area contributed by atoms with Crippen molar-refractivity contribution < 1.29 is 4.79 Å². The van der Waals surface area contributed by atoms with Gasteiger partial charge in [0.2, 0.25) is 0 Å². The summed E-state index contributed by atoms with van der Waals surface area (Å²) in [4.78, 5) is 14.3. The molecule has 1 fully saturated rings. The first-order valence-electron chi connectivity index (χ1n) is 6.46. The van der Waals surface area contributed by atoms with Crippen LogP contribution in [0.25, 0.3) is 0 Å². The first-order valence-corrected chi connectivity index (χ1v) is 6.46. The van der Waals surface area contributed by atoms with Crippen LogP contribution in [0.2, 0.25) is 0 Å². The Hall–Kier alpha value is -1.55. The van der Waals surface area contributed by atoms with Crippen molar-refractivity contribution in [2.45, 2.75) is 18.9 Å². The van der Waals surface area contributed by atoms with Gasteiger partial charge in [-0.2, -0.15) is 0 Å². The third-order valence-corrected chi connectivity index (χ3v) is 3.49. The maximum atomic E-state index is 12.0. The number of rotatable bonds is 3. The molecule has 0 bridgehead atoms. The normalized spacial score (nSPS) is 17.4. The van der Waals surface area contributed by atoms with E-state index in [1.807, 2.05) is 31.3 Å². The summed E-state index contributed by atoms with van der Waals surface area (Å²) in [6.07, 6.45) is 2.08. The number of hydrogen-bond donors (Lipinski definition) is 2. The van der Waals surface area contributed by atoms with Crippen molar-refractivity contribution in [1.29, 1.82) is 0 Å². The van der Waals surface area contributed by atoms with E-state index >= 15 is 0 Å². The minimum absolute atomic E-state index is 0.0345. The van der Waals surface area contributed by atoms with Crippen LogP contribution < -0.4 is 10.6 Å². The molecule has 18 heavy (non-hydrogen) atoms. The maximum Gasteiger partial charge on any atom is 0.251 e. The number of benzene rings is 1. The minimum Gasteiger partial charge on any atom is -0.388 e. The molecule has 0 spiro atoms. The number of hydrogen-bond acceptors (Lipinski definition) is 3. The smallest absolute Gasteiger partial charge is 0.251 e. The van der Waals surface area contributed by atoms with Gasteiger partial charge in [-0.15, -0.1) is 0 Å². The first kappa shape index (κ1) is 12.9. The average Bonchev–Trinajstić information content (AvgIpc) is 2.41. The molecule has 4 nitrogen and oxygen atoms in total. The quantitative estimate of drug-likeness (QED) is 0.852. The Morgan fingerprint density at radius 3 is 2.39 bits per heavy atom. The zero-order chi connectivity index (χ0) is 13.0. The fraction of sp³-hybridized carbons (Fsp3) is 0.500. The number of carbonyl (C=O) groups is 1. The van der Waals surface area contributed by atoms with Crippen molar-refractivity contribution in [3.8, 4) is 0 Å². The summed E-state index contributed by atoms with van der Waals surface area (Å²) in [7, 11) is 3.99. The van der Waals surface area contributed by atoms with Crippen LogP contribution in [0.1, 0.15) is 23.2 Å². The number of amides is 1. The van der Waals surface area contributed by atoms with Crippen LogP contribution in [0.4, 0.5) is 5.69 Å². The van der Waals surface area contributed by atoms with Crippen molar-refractivity contribution in [1.82, 2.24) is 10.2 Å². The molecule has 0 aliphatic carbocycles. The number of anilines is 1. The summed E-state index contributed by atoms with van der Waals surface area (Å²) >= 11 is 0. The van der Waals surface area contributed by atoms with Crippen LogP contribution in [0, 0.1) is 0 Å². The third kappa shape index (κ3) is 3.23. The molecule has 4 heteroatoms. The van der Waals surface area contributed by atoms with E-state index in [9.17, 15) is 4.79 Å².